The number of carbonyl (C=O) groups excluding carboxylic acids is 1. The molecule has 2 unspecified atom stereocenters. The number of benzene rings is 1. The molecule has 0 aromatic heterocycles. The molecule has 1 aromatic carbocycles. The highest BCUT2D eigenvalue weighted by molar-refractivity contribution is 7.89. The molecule has 1 saturated heterocycles. The van der Waals surface area contributed by atoms with E-state index in [-0.39, 0.29) is 16.8 Å². The van der Waals surface area contributed by atoms with Crippen molar-refractivity contribution in [3.8, 4) is 0 Å². The topological polar surface area (TPSA) is 78.5 Å². The smallest absolute Gasteiger partial charge is 0.242 e. The molecule has 24 heavy (non-hydrogen) atoms. The van der Waals surface area contributed by atoms with Gasteiger partial charge in [0.15, 0.2) is 0 Å². The molecule has 1 aliphatic heterocycles. The summed E-state index contributed by atoms with van der Waals surface area (Å²) in [5, 5.41) is 6.26. The van der Waals surface area contributed by atoms with Gasteiger partial charge < -0.3 is 10.6 Å². The number of nitrogens with one attached hydrogen (secondary N) is 2. The molecular weight excluding hydrogens is 326 g/mol. The van der Waals surface area contributed by atoms with Crippen LogP contribution in [-0.4, -0.2) is 45.8 Å². The van der Waals surface area contributed by atoms with Gasteiger partial charge in [-0.05, 0) is 56.5 Å². The van der Waals surface area contributed by atoms with E-state index in [2.05, 4.69) is 10.6 Å². The number of carbonyl (C=O) groups is 1. The van der Waals surface area contributed by atoms with Crippen molar-refractivity contribution in [2.24, 2.45) is 5.92 Å². The Bertz CT molecular complexity index is 667. The van der Waals surface area contributed by atoms with Crippen LogP contribution in [0.3, 0.4) is 0 Å². The third-order valence-corrected chi connectivity index (χ3v) is 6.27. The maximum absolute atomic E-state index is 12.2. The normalized spacial score (nSPS) is 19.4. The van der Waals surface area contributed by atoms with Gasteiger partial charge in [0, 0.05) is 20.5 Å². The summed E-state index contributed by atoms with van der Waals surface area (Å²) in [6.45, 7) is 3.90. The molecule has 2 N–H and O–H groups in total. The van der Waals surface area contributed by atoms with Crippen LogP contribution in [-0.2, 0) is 14.8 Å². The molecule has 1 aliphatic rings. The SMILES string of the molecule is CC(NC(=O)CCC1CCNC1)c1cccc(S(=O)(=O)N(C)C)c1. The molecule has 1 fully saturated rings. The van der Waals surface area contributed by atoms with Crippen LogP contribution in [0.2, 0.25) is 0 Å². The molecule has 1 aromatic rings. The lowest BCUT2D eigenvalue weighted by molar-refractivity contribution is -0.122. The van der Waals surface area contributed by atoms with Crippen molar-refractivity contribution in [2.45, 2.75) is 37.1 Å². The summed E-state index contributed by atoms with van der Waals surface area (Å²) >= 11 is 0. The van der Waals surface area contributed by atoms with Crippen LogP contribution in [0.5, 0.6) is 0 Å². The van der Waals surface area contributed by atoms with Crippen LogP contribution in [0.15, 0.2) is 29.2 Å². The quantitative estimate of drug-likeness (QED) is 0.779. The number of hydrogen-bond donors (Lipinski definition) is 2. The van der Waals surface area contributed by atoms with E-state index >= 15 is 0 Å². The summed E-state index contributed by atoms with van der Waals surface area (Å²) < 4.78 is 25.6. The summed E-state index contributed by atoms with van der Waals surface area (Å²) in [6, 6.07) is 6.51. The Balaban J connectivity index is 1.96. The molecule has 0 saturated carbocycles. The predicted molar refractivity (Wildman–Crippen MR) is 94.1 cm³/mol. The van der Waals surface area contributed by atoms with Gasteiger partial charge in [-0.1, -0.05) is 12.1 Å². The van der Waals surface area contributed by atoms with Gasteiger partial charge in [-0.15, -0.1) is 0 Å². The van der Waals surface area contributed by atoms with Crippen molar-refractivity contribution < 1.29 is 13.2 Å². The summed E-state index contributed by atoms with van der Waals surface area (Å²) in [4.78, 5) is 12.4. The molecule has 2 atom stereocenters. The Labute approximate surface area is 144 Å². The highest BCUT2D eigenvalue weighted by atomic mass is 32.2. The summed E-state index contributed by atoms with van der Waals surface area (Å²) in [7, 11) is -0.459. The third-order valence-electron chi connectivity index (χ3n) is 4.46. The molecule has 0 spiro atoms. The first kappa shape index (κ1) is 18.9. The van der Waals surface area contributed by atoms with E-state index in [1.54, 1.807) is 18.2 Å². The third kappa shape index (κ3) is 4.78. The van der Waals surface area contributed by atoms with Crippen molar-refractivity contribution in [1.82, 2.24) is 14.9 Å². The number of nitrogens with zero attached hydrogens (tertiary/aromatic N) is 1. The molecule has 6 nitrogen and oxygen atoms in total. The predicted octanol–water partition coefficient (Wildman–Crippen LogP) is 1.50. The van der Waals surface area contributed by atoms with Crippen LogP contribution >= 0.6 is 0 Å². The molecule has 0 bridgehead atoms. The number of rotatable bonds is 7. The molecule has 0 radical (unpaired) electrons. The van der Waals surface area contributed by atoms with E-state index in [0.29, 0.717) is 12.3 Å². The minimum absolute atomic E-state index is 0.00951. The van der Waals surface area contributed by atoms with Crippen LogP contribution < -0.4 is 10.6 Å². The van der Waals surface area contributed by atoms with Crippen LogP contribution in [0, 0.1) is 5.92 Å². The van der Waals surface area contributed by atoms with E-state index in [1.165, 1.54) is 18.4 Å². The van der Waals surface area contributed by atoms with Crippen molar-refractivity contribution in [1.29, 1.82) is 0 Å². The maximum atomic E-state index is 12.2. The number of amides is 1. The maximum Gasteiger partial charge on any atom is 0.242 e. The summed E-state index contributed by atoms with van der Waals surface area (Å²) in [6.07, 6.45) is 2.53. The molecular formula is C17H27N3O3S. The molecule has 1 heterocycles. The van der Waals surface area contributed by atoms with E-state index in [1.807, 2.05) is 13.0 Å². The Hall–Kier alpha value is -1.44. The van der Waals surface area contributed by atoms with E-state index < -0.39 is 10.0 Å². The van der Waals surface area contributed by atoms with Gasteiger partial charge in [0.25, 0.3) is 0 Å². The van der Waals surface area contributed by atoms with Crippen LogP contribution in [0.1, 0.15) is 37.8 Å². The van der Waals surface area contributed by atoms with E-state index in [9.17, 15) is 13.2 Å². The summed E-state index contributed by atoms with van der Waals surface area (Å²) in [5.74, 6) is 0.592. The van der Waals surface area contributed by atoms with Gasteiger partial charge >= 0.3 is 0 Å². The average molecular weight is 353 g/mol. The largest absolute Gasteiger partial charge is 0.350 e. The second-order valence-electron chi connectivity index (χ2n) is 6.55. The van der Waals surface area contributed by atoms with E-state index in [0.717, 1.165) is 31.5 Å². The first-order chi connectivity index (χ1) is 11.3. The van der Waals surface area contributed by atoms with Gasteiger partial charge in [-0.2, -0.15) is 0 Å². The Morgan fingerprint density at radius 1 is 1.42 bits per heavy atom. The second kappa shape index (κ2) is 8.09. The van der Waals surface area contributed by atoms with Crippen molar-refractivity contribution in [3.63, 3.8) is 0 Å². The first-order valence-electron chi connectivity index (χ1n) is 8.33. The molecule has 7 heteroatoms. The van der Waals surface area contributed by atoms with Crippen LogP contribution in [0.4, 0.5) is 0 Å². The molecule has 134 valence electrons. The van der Waals surface area contributed by atoms with Gasteiger partial charge in [0.05, 0.1) is 10.9 Å². The second-order valence-corrected chi connectivity index (χ2v) is 8.70. The lowest BCUT2D eigenvalue weighted by Crippen LogP contribution is -2.27. The zero-order chi connectivity index (χ0) is 17.7. The molecule has 0 aliphatic carbocycles. The minimum Gasteiger partial charge on any atom is -0.350 e. The monoisotopic (exact) mass is 353 g/mol. The Morgan fingerprint density at radius 3 is 2.79 bits per heavy atom. The zero-order valence-corrected chi connectivity index (χ0v) is 15.4. The average Bonchev–Trinajstić information content (AvgIpc) is 3.06. The standard InChI is InChI=1S/C17H27N3O3S/c1-13(19-17(21)8-7-14-9-10-18-12-14)15-5-4-6-16(11-15)24(22,23)20(2)3/h4-6,11,13-14,18H,7-10,12H2,1-3H3,(H,19,21). The molecule has 1 amide bonds. The van der Waals surface area contributed by atoms with E-state index in [4.69, 9.17) is 0 Å². The van der Waals surface area contributed by atoms with Gasteiger partial charge in [-0.3, -0.25) is 4.79 Å². The first-order valence-corrected chi connectivity index (χ1v) is 9.77. The summed E-state index contributed by atoms with van der Waals surface area (Å²) in [5.41, 5.74) is 0.786. The molecule has 2 rings (SSSR count). The number of sulfonamides is 1. The van der Waals surface area contributed by atoms with Crippen molar-refractivity contribution in [3.05, 3.63) is 29.8 Å². The van der Waals surface area contributed by atoms with Gasteiger partial charge in [0.2, 0.25) is 15.9 Å². The fourth-order valence-electron chi connectivity index (χ4n) is 2.85. The Kier molecular flexibility index (Phi) is 6.37. The lowest BCUT2D eigenvalue weighted by Gasteiger charge is -2.17. The van der Waals surface area contributed by atoms with Crippen molar-refractivity contribution in [2.75, 3.05) is 27.2 Å². The fourth-order valence-corrected chi connectivity index (χ4v) is 3.81. The lowest BCUT2D eigenvalue weighted by atomic mass is 10.0. The van der Waals surface area contributed by atoms with Gasteiger partial charge in [0.1, 0.15) is 0 Å². The van der Waals surface area contributed by atoms with Gasteiger partial charge in [-0.25, -0.2) is 12.7 Å². The number of hydrogen-bond acceptors (Lipinski definition) is 4. The minimum atomic E-state index is -3.47. The highest BCUT2D eigenvalue weighted by Gasteiger charge is 2.20. The zero-order valence-electron chi connectivity index (χ0n) is 14.6. The Morgan fingerprint density at radius 2 is 2.17 bits per heavy atom. The highest BCUT2D eigenvalue weighted by Crippen LogP contribution is 2.20. The van der Waals surface area contributed by atoms with Crippen LogP contribution in [0.25, 0.3) is 0 Å². The van der Waals surface area contributed by atoms with Crippen molar-refractivity contribution >= 4 is 15.9 Å². The fraction of sp³-hybridized carbons (Fsp3) is 0.588.